The number of morpholine rings is 1. The van der Waals surface area contributed by atoms with E-state index in [-0.39, 0.29) is 18.2 Å². The average Bonchev–Trinajstić information content (AvgIpc) is 3.26. The zero-order valence-corrected chi connectivity index (χ0v) is 23.9. The lowest BCUT2D eigenvalue weighted by atomic mass is 10.0. The molecule has 1 amide bonds. The molecule has 5 rings (SSSR count). The lowest BCUT2D eigenvalue weighted by Gasteiger charge is -2.29. The Kier molecular flexibility index (Phi) is 8.08. The molecule has 1 fully saturated rings. The van der Waals surface area contributed by atoms with E-state index in [1.807, 2.05) is 48.5 Å². The van der Waals surface area contributed by atoms with Crippen molar-refractivity contribution < 1.29 is 14.6 Å². The van der Waals surface area contributed by atoms with E-state index in [0.29, 0.717) is 40.2 Å². The van der Waals surface area contributed by atoms with Gasteiger partial charge in [0.15, 0.2) is 5.69 Å². The predicted molar refractivity (Wildman–Crippen MR) is 157 cm³/mol. The molecule has 1 saturated heterocycles. The third-order valence-corrected chi connectivity index (χ3v) is 7.44. The third kappa shape index (κ3) is 6.18. The Labute approximate surface area is 242 Å². The minimum absolute atomic E-state index is 0.205. The lowest BCUT2D eigenvalue weighted by Crippen LogP contribution is -2.46. The van der Waals surface area contributed by atoms with Gasteiger partial charge < -0.3 is 20.1 Å². The number of hydrogen-bond acceptors (Lipinski definition) is 5. The van der Waals surface area contributed by atoms with Crippen molar-refractivity contribution >= 4 is 57.3 Å². The smallest absolute Gasteiger partial charge is 0.272 e. The highest BCUT2D eigenvalue weighted by atomic mass is 35.5. The first-order valence-electron chi connectivity index (χ1n) is 12.6. The highest BCUT2D eigenvalue weighted by Crippen LogP contribution is 2.34. The number of aliphatic hydroxyl groups excluding tert-OH is 1. The van der Waals surface area contributed by atoms with Crippen molar-refractivity contribution in [3.63, 3.8) is 0 Å². The number of halogens is 3. The summed E-state index contributed by atoms with van der Waals surface area (Å²) >= 11 is 19.2. The van der Waals surface area contributed by atoms with Gasteiger partial charge in [-0.05, 0) is 73.0 Å². The largest absolute Gasteiger partial charge is 0.394 e. The zero-order valence-electron chi connectivity index (χ0n) is 21.7. The lowest BCUT2D eigenvalue weighted by molar-refractivity contribution is 0.0865. The van der Waals surface area contributed by atoms with E-state index in [2.05, 4.69) is 15.3 Å². The monoisotopic (exact) mass is 586 g/mol. The van der Waals surface area contributed by atoms with E-state index in [1.54, 1.807) is 24.6 Å². The fourth-order valence-electron chi connectivity index (χ4n) is 4.67. The first-order valence-corrected chi connectivity index (χ1v) is 13.8. The SMILES string of the molecule is CC(C)(CO)NC(=O)c1nn(Cc2cc(Cl)cc(Cl)c2)c2cc(-c3ccc(N4CCOCC4)c(Cl)c3)ccc12. The Morgan fingerprint density at radius 2 is 1.67 bits per heavy atom. The number of aliphatic hydroxyl groups is 1. The summed E-state index contributed by atoms with van der Waals surface area (Å²) < 4.78 is 7.23. The van der Waals surface area contributed by atoms with Crippen molar-refractivity contribution in [2.75, 3.05) is 37.8 Å². The molecule has 1 aliphatic rings. The molecule has 4 aromatic rings. The summed E-state index contributed by atoms with van der Waals surface area (Å²) in [5.41, 5.74) is 3.96. The molecule has 0 radical (unpaired) electrons. The molecule has 10 heteroatoms. The van der Waals surface area contributed by atoms with E-state index < -0.39 is 5.54 Å². The van der Waals surface area contributed by atoms with Crippen molar-refractivity contribution in [2.45, 2.75) is 25.9 Å². The van der Waals surface area contributed by atoms with Crippen molar-refractivity contribution in [1.29, 1.82) is 0 Å². The fourth-order valence-corrected chi connectivity index (χ4v) is 5.54. The van der Waals surface area contributed by atoms with Crippen LogP contribution in [0.15, 0.2) is 54.6 Å². The molecule has 1 aromatic heterocycles. The number of aromatic nitrogens is 2. The highest BCUT2D eigenvalue weighted by Gasteiger charge is 2.25. The van der Waals surface area contributed by atoms with Crippen LogP contribution in [0.4, 0.5) is 5.69 Å². The summed E-state index contributed by atoms with van der Waals surface area (Å²) in [5.74, 6) is -0.368. The molecule has 0 atom stereocenters. The summed E-state index contributed by atoms with van der Waals surface area (Å²) in [7, 11) is 0. The predicted octanol–water partition coefficient (Wildman–Crippen LogP) is 6.05. The molecule has 0 spiro atoms. The molecule has 39 heavy (non-hydrogen) atoms. The molecular formula is C29H29Cl3N4O3. The van der Waals surface area contributed by atoms with Gasteiger partial charge in [-0.3, -0.25) is 9.48 Å². The topological polar surface area (TPSA) is 79.6 Å². The maximum absolute atomic E-state index is 13.2. The van der Waals surface area contributed by atoms with Gasteiger partial charge in [-0.2, -0.15) is 5.10 Å². The molecule has 7 nitrogen and oxygen atoms in total. The average molecular weight is 588 g/mol. The summed E-state index contributed by atoms with van der Waals surface area (Å²) in [6.45, 7) is 6.62. The quantitative estimate of drug-likeness (QED) is 0.275. The molecule has 0 aliphatic carbocycles. The van der Waals surface area contributed by atoms with Crippen LogP contribution in [0.5, 0.6) is 0 Å². The number of fused-ring (bicyclic) bond motifs is 1. The Hall–Kier alpha value is -2.81. The number of benzene rings is 3. The normalized spacial score (nSPS) is 14.2. The number of carbonyl (C=O) groups excluding carboxylic acids is 1. The second-order valence-electron chi connectivity index (χ2n) is 10.3. The van der Waals surface area contributed by atoms with Crippen LogP contribution in [0.1, 0.15) is 29.9 Å². The van der Waals surface area contributed by atoms with E-state index >= 15 is 0 Å². The summed E-state index contributed by atoms with van der Waals surface area (Å²) in [6.07, 6.45) is 0. The minimum Gasteiger partial charge on any atom is -0.394 e. The molecule has 0 unspecified atom stereocenters. The van der Waals surface area contributed by atoms with Gasteiger partial charge in [0.1, 0.15) is 0 Å². The number of carbonyl (C=O) groups is 1. The number of hydrogen-bond donors (Lipinski definition) is 2. The van der Waals surface area contributed by atoms with Gasteiger partial charge in [0.2, 0.25) is 0 Å². The van der Waals surface area contributed by atoms with Crippen molar-refractivity contribution in [3.05, 3.63) is 80.9 Å². The van der Waals surface area contributed by atoms with Crippen molar-refractivity contribution in [2.24, 2.45) is 0 Å². The molecule has 0 saturated carbocycles. The highest BCUT2D eigenvalue weighted by molar-refractivity contribution is 6.34. The number of nitrogens with one attached hydrogen (secondary N) is 1. The van der Waals surface area contributed by atoms with E-state index in [9.17, 15) is 9.90 Å². The van der Waals surface area contributed by atoms with Crippen LogP contribution in [0, 0.1) is 0 Å². The Morgan fingerprint density at radius 1 is 1.00 bits per heavy atom. The fraction of sp³-hybridized carbons (Fsp3) is 0.310. The molecule has 3 aromatic carbocycles. The van der Waals surface area contributed by atoms with E-state index in [0.717, 1.165) is 41.0 Å². The third-order valence-electron chi connectivity index (χ3n) is 6.70. The molecular weight excluding hydrogens is 559 g/mol. The van der Waals surface area contributed by atoms with Gasteiger partial charge in [-0.1, -0.05) is 46.9 Å². The van der Waals surface area contributed by atoms with E-state index in [4.69, 9.17) is 39.5 Å². The van der Waals surface area contributed by atoms with Crippen LogP contribution in [-0.2, 0) is 11.3 Å². The second kappa shape index (κ2) is 11.4. The maximum Gasteiger partial charge on any atom is 0.272 e. The van der Waals surface area contributed by atoms with Crippen LogP contribution in [0.3, 0.4) is 0 Å². The van der Waals surface area contributed by atoms with Crippen molar-refractivity contribution in [1.82, 2.24) is 15.1 Å². The molecule has 2 N–H and O–H groups in total. The summed E-state index contributed by atoms with van der Waals surface area (Å²) in [6, 6.07) is 17.2. The molecule has 1 aliphatic heterocycles. The van der Waals surface area contributed by atoms with Gasteiger partial charge >= 0.3 is 0 Å². The summed E-state index contributed by atoms with van der Waals surface area (Å²) in [5, 5.41) is 19.6. The first kappa shape index (κ1) is 27.7. The Balaban J connectivity index is 1.56. The molecule has 2 heterocycles. The van der Waals surface area contributed by atoms with Gasteiger partial charge in [-0.25, -0.2) is 0 Å². The van der Waals surface area contributed by atoms with Crippen molar-refractivity contribution in [3.8, 4) is 11.1 Å². The second-order valence-corrected chi connectivity index (χ2v) is 11.6. The van der Waals surface area contributed by atoms with Gasteiger partial charge in [0.05, 0.1) is 48.1 Å². The van der Waals surface area contributed by atoms with Crippen LogP contribution < -0.4 is 10.2 Å². The standard InChI is InChI=1S/C29H29Cl3N4O3/c1-29(2,17-37)33-28(38)27-23-5-3-20(19-4-6-25(24(32)13-19)35-7-9-39-10-8-35)14-26(23)36(34-27)16-18-11-21(30)15-22(31)12-18/h3-6,11-15,37H,7-10,16-17H2,1-2H3,(H,33,38). The maximum atomic E-state index is 13.2. The number of nitrogens with zero attached hydrogens (tertiary/aromatic N) is 3. The first-order chi connectivity index (χ1) is 18.6. The van der Waals surface area contributed by atoms with Crippen LogP contribution in [0.25, 0.3) is 22.0 Å². The Bertz CT molecular complexity index is 1510. The Morgan fingerprint density at radius 3 is 2.33 bits per heavy atom. The summed E-state index contributed by atoms with van der Waals surface area (Å²) in [4.78, 5) is 15.4. The van der Waals surface area contributed by atoms with Gasteiger partial charge in [-0.15, -0.1) is 0 Å². The van der Waals surface area contributed by atoms with Crippen LogP contribution >= 0.6 is 34.8 Å². The number of anilines is 1. The van der Waals surface area contributed by atoms with Crippen LogP contribution in [0.2, 0.25) is 15.1 Å². The zero-order chi connectivity index (χ0) is 27.7. The minimum atomic E-state index is -0.799. The van der Waals surface area contributed by atoms with Crippen LogP contribution in [-0.4, -0.2) is 59.2 Å². The van der Waals surface area contributed by atoms with E-state index in [1.165, 1.54) is 0 Å². The number of amides is 1. The van der Waals surface area contributed by atoms with Gasteiger partial charge in [0, 0.05) is 28.5 Å². The molecule has 204 valence electrons. The number of rotatable bonds is 7. The number of ether oxygens (including phenoxy) is 1. The molecule has 0 bridgehead atoms. The van der Waals surface area contributed by atoms with Gasteiger partial charge in [0.25, 0.3) is 5.91 Å².